The van der Waals surface area contributed by atoms with Gasteiger partial charge in [-0.25, -0.2) is 4.79 Å². The Kier molecular flexibility index (Phi) is 4.30. The van der Waals surface area contributed by atoms with E-state index in [1.54, 1.807) is 6.92 Å². The lowest BCUT2D eigenvalue weighted by atomic mass is 10.1. The SMILES string of the molecule is Cc1noc(C)c1C(C)NC(=O)OCCO. The molecule has 0 saturated heterocycles. The number of aliphatic hydroxyl groups is 1. The van der Waals surface area contributed by atoms with E-state index in [-0.39, 0.29) is 19.3 Å². The van der Waals surface area contributed by atoms with E-state index in [9.17, 15) is 4.79 Å². The predicted octanol–water partition coefficient (Wildman–Crippen LogP) is 1.07. The second-order valence-corrected chi connectivity index (χ2v) is 3.46. The topological polar surface area (TPSA) is 84.6 Å². The molecule has 0 aromatic carbocycles. The third-order valence-corrected chi connectivity index (χ3v) is 2.18. The zero-order valence-electron chi connectivity index (χ0n) is 9.61. The van der Waals surface area contributed by atoms with E-state index in [0.717, 1.165) is 11.3 Å². The minimum absolute atomic E-state index is 0.0137. The molecule has 0 aliphatic rings. The minimum Gasteiger partial charge on any atom is -0.447 e. The van der Waals surface area contributed by atoms with Crippen LogP contribution >= 0.6 is 0 Å². The van der Waals surface area contributed by atoms with Crippen molar-refractivity contribution >= 4 is 6.09 Å². The molecule has 0 bridgehead atoms. The van der Waals surface area contributed by atoms with Gasteiger partial charge >= 0.3 is 6.09 Å². The maximum absolute atomic E-state index is 11.2. The van der Waals surface area contributed by atoms with E-state index in [4.69, 9.17) is 9.63 Å². The molecule has 1 aromatic rings. The van der Waals surface area contributed by atoms with Gasteiger partial charge in [0.25, 0.3) is 0 Å². The number of aryl methyl sites for hydroxylation is 2. The Morgan fingerprint density at radius 1 is 1.62 bits per heavy atom. The van der Waals surface area contributed by atoms with Crippen LogP contribution in [0.5, 0.6) is 0 Å². The molecule has 1 rings (SSSR count). The average Bonchev–Trinajstić information content (AvgIpc) is 2.55. The number of alkyl carbamates (subject to hydrolysis) is 1. The first-order chi connectivity index (χ1) is 7.56. The third-order valence-electron chi connectivity index (χ3n) is 2.18. The summed E-state index contributed by atoms with van der Waals surface area (Å²) >= 11 is 0. The highest BCUT2D eigenvalue weighted by atomic mass is 16.6. The molecule has 0 fully saturated rings. The van der Waals surface area contributed by atoms with Crippen LogP contribution in [-0.4, -0.2) is 29.6 Å². The van der Waals surface area contributed by atoms with Crippen molar-refractivity contribution in [2.45, 2.75) is 26.8 Å². The maximum Gasteiger partial charge on any atom is 0.407 e. The molecule has 0 saturated carbocycles. The van der Waals surface area contributed by atoms with E-state index in [2.05, 4.69) is 15.2 Å². The molecular formula is C10H16N2O4. The molecular weight excluding hydrogens is 212 g/mol. The van der Waals surface area contributed by atoms with E-state index in [1.807, 2.05) is 13.8 Å². The Bertz CT molecular complexity index is 342. The molecule has 6 nitrogen and oxygen atoms in total. The second-order valence-electron chi connectivity index (χ2n) is 3.46. The summed E-state index contributed by atoms with van der Waals surface area (Å²) in [6, 6.07) is -0.238. The van der Waals surface area contributed by atoms with Crippen LogP contribution in [0.2, 0.25) is 0 Å². The normalized spacial score (nSPS) is 12.2. The van der Waals surface area contributed by atoms with Crippen LogP contribution in [0.25, 0.3) is 0 Å². The Morgan fingerprint density at radius 2 is 2.31 bits per heavy atom. The van der Waals surface area contributed by atoms with Gasteiger partial charge in [0.05, 0.1) is 18.3 Å². The number of nitrogens with one attached hydrogen (secondary N) is 1. The van der Waals surface area contributed by atoms with Gasteiger partial charge in [-0.15, -0.1) is 0 Å². The number of aromatic nitrogens is 1. The van der Waals surface area contributed by atoms with Crippen LogP contribution in [0.1, 0.15) is 30.0 Å². The van der Waals surface area contributed by atoms with Crippen LogP contribution in [0, 0.1) is 13.8 Å². The fourth-order valence-corrected chi connectivity index (χ4v) is 1.54. The fraction of sp³-hybridized carbons (Fsp3) is 0.600. The smallest absolute Gasteiger partial charge is 0.407 e. The molecule has 90 valence electrons. The molecule has 1 heterocycles. The first-order valence-corrected chi connectivity index (χ1v) is 5.03. The van der Waals surface area contributed by atoms with Gasteiger partial charge in [0, 0.05) is 5.56 Å². The summed E-state index contributed by atoms with van der Waals surface area (Å²) in [5.74, 6) is 0.674. The van der Waals surface area contributed by atoms with Crippen LogP contribution < -0.4 is 5.32 Å². The van der Waals surface area contributed by atoms with Gasteiger partial charge in [-0.1, -0.05) is 5.16 Å². The van der Waals surface area contributed by atoms with E-state index in [0.29, 0.717) is 5.76 Å². The lowest BCUT2D eigenvalue weighted by molar-refractivity contribution is 0.116. The predicted molar refractivity (Wildman–Crippen MR) is 56.0 cm³/mol. The highest BCUT2D eigenvalue weighted by molar-refractivity contribution is 5.67. The van der Waals surface area contributed by atoms with Crippen molar-refractivity contribution in [3.63, 3.8) is 0 Å². The number of amides is 1. The molecule has 1 amide bonds. The number of hydrogen-bond acceptors (Lipinski definition) is 5. The molecule has 0 radical (unpaired) electrons. The van der Waals surface area contributed by atoms with Gasteiger partial charge in [-0.3, -0.25) is 0 Å². The highest BCUT2D eigenvalue weighted by Crippen LogP contribution is 2.20. The number of aliphatic hydroxyl groups excluding tert-OH is 1. The van der Waals surface area contributed by atoms with Crippen molar-refractivity contribution in [3.05, 3.63) is 17.0 Å². The highest BCUT2D eigenvalue weighted by Gasteiger charge is 2.18. The monoisotopic (exact) mass is 228 g/mol. The summed E-state index contributed by atoms with van der Waals surface area (Å²) in [6.07, 6.45) is -0.568. The Morgan fingerprint density at radius 3 is 2.81 bits per heavy atom. The zero-order valence-corrected chi connectivity index (χ0v) is 9.61. The van der Waals surface area contributed by atoms with Gasteiger partial charge in [-0.05, 0) is 20.8 Å². The summed E-state index contributed by atoms with van der Waals surface area (Å²) in [5, 5.41) is 14.9. The van der Waals surface area contributed by atoms with Crippen LogP contribution in [-0.2, 0) is 4.74 Å². The van der Waals surface area contributed by atoms with Crippen LogP contribution in [0.4, 0.5) is 4.79 Å². The van der Waals surface area contributed by atoms with Gasteiger partial charge < -0.3 is 19.7 Å². The number of rotatable bonds is 4. The molecule has 1 atom stereocenters. The van der Waals surface area contributed by atoms with E-state index in [1.165, 1.54) is 0 Å². The van der Waals surface area contributed by atoms with Gasteiger partial charge in [0.2, 0.25) is 0 Å². The van der Waals surface area contributed by atoms with Crippen molar-refractivity contribution in [1.29, 1.82) is 0 Å². The number of ether oxygens (including phenoxy) is 1. The van der Waals surface area contributed by atoms with Crippen molar-refractivity contribution in [1.82, 2.24) is 10.5 Å². The molecule has 0 aliphatic heterocycles. The first kappa shape index (κ1) is 12.5. The van der Waals surface area contributed by atoms with Crippen molar-refractivity contribution in [2.24, 2.45) is 0 Å². The molecule has 16 heavy (non-hydrogen) atoms. The van der Waals surface area contributed by atoms with E-state index < -0.39 is 6.09 Å². The molecule has 1 aromatic heterocycles. The van der Waals surface area contributed by atoms with Crippen LogP contribution in [0.15, 0.2) is 4.52 Å². The average molecular weight is 228 g/mol. The zero-order chi connectivity index (χ0) is 12.1. The quantitative estimate of drug-likeness (QED) is 0.805. The maximum atomic E-state index is 11.2. The first-order valence-electron chi connectivity index (χ1n) is 5.03. The molecule has 0 spiro atoms. The van der Waals surface area contributed by atoms with Gasteiger partial charge in [0.1, 0.15) is 12.4 Å². The lowest BCUT2D eigenvalue weighted by Gasteiger charge is -2.13. The molecule has 1 unspecified atom stereocenters. The summed E-state index contributed by atoms with van der Waals surface area (Å²) in [6.45, 7) is 5.20. The largest absolute Gasteiger partial charge is 0.447 e. The van der Waals surface area contributed by atoms with Crippen molar-refractivity contribution in [3.8, 4) is 0 Å². The molecule has 0 aliphatic carbocycles. The summed E-state index contributed by atoms with van der Waals surface area (Å²) in [4.78, 5) is 11.2. The fourth-order valence-electron chi connectivity index (χ4n) is 1.54. The van der Waals surface area contributed by atoms with Crippen molar-refractivity contribution in [2.75, 3.05) is 13.2 Å². The number of hydrogen-bond donors (Lipinski definition) is 2. The van der Waals surface area contributed by atoms with Gasteiger partial charge in [-0.2, -0.15) is 0 Å². The summed E-state index contributed by atoms with van der Waals surface area (Å²) in [7, 11) is 0. The standard InChI is InChI=1S/C10H16N2O4/c1-6(11-10(14)15-5-4-13)9-7(2)12-16-8(9)3/h6,13H,4-5H2,1-3H3,(H,11,14). The summed E-state index contributed by atoms with van der Waals surface area (Å²) < 4.78 is 9.69. The number of carbonyl (C=O) groups excluding carboxylic acids is 1. The van der Waals surface area contributed by atoms with E-state index >= 15 is 0 Å². The Labute approximate surface area is 93.6 Å². The molecule has 2 N–H and O–H groups in total. The Hall–Kier alpha value is -1.56. The van der Waals surface area contributed by atoms with Crippen LogP contribution in [0.3, 0.4) is 0 Å². The lowest BCUT2D eigenvalue weighted by Crippen LogP contribution is -2.28. The second kappa shape index (κ2) is 5.50. The number of carbonyl (C=O) groups is 1. The number of nitrogens with zero attached hydrogens (tertiary/aromatic N) is 1. The third kappa shape index (κ3) is 2.96. The summed E-state index contributed by atoms with van der Waals surface area (Å²) in [5.41, 5.74) is 1.59. The van der Waals surface area contributed by atoms with Gasteiger partial charge in [0.15, 0.2) is 0 Å². The molecule has 6 heteroatoms. The Balaban J connectivity index is 2.58. The minimum atomic E-state index is -0.568. The van der Waals surface area contributed by atoms with Crippen molar-refractivity contribution < 1.29 is 19.2 Å².